The minimum absolute atomic E-state index is 0.219. The Hall–Kier alpha value is -1.01. The van der Waals surface area contributed by atoms with Gasteiger partial charge in [0.25, 0.3) is 5.91 Å². The Balaban J connectivity index is 1.78. The Morgan fingerprint density at radius 1 is 1.24 bits per heavy atom. The minimum Gasteiger partial charge on any atom is -0.480 e. The molecule has 114 valence electrons. The normalized spacial score (nSPS) is 20.6. The Kier molecular flexibility index (Phi) is 4.26. The number of aliphatic carboxylic acids is 1. The Morgan fingerprint density at radius 3 is 2.67 bits per heavy atom. The molecule has 1 saturated carbocycles. The average molecular weight is 325 g/mol. The number of carboxylic acids is 1. The van der Waals surface area contributed by atoms with Crippen molar-refractivity contribution in [3.8, 4) is 0 Å². The maximum atomic E-state index is 12.5. The predicted octanol–water partition coefficient (Wildman–Crippen LogP) is 3.05. The zero-order valence-electron chi connectivity index (χ0n) is 11.8. The summed E-state index contributed by atoms with van der Waals surface area (Å²) in [5.74, 6) is 0.952. The monoisotopic (exact) mass is 325 g/mol. The third kappa shape index (κ3) is 2.97. The predicted molar refractivity (Wildman–Crippen MR) is 85.1 cm³/mol. The van der Waals surface area contributed by atoms with Gasteiger partial charge in [-0.15, -0.1) is 11.3 Å². The van der Waals surface area contributed by atoms with Gasteiger partial charge < -0.3 is 10.4 Å². The number of carbonyl (C=O) groups excluding carboxylic acids is 1. The lowest BCUT2D eigenvalue weighted by Crippen LogP contribution is -2.55. The standard InChI is InChI=1S/C15H19NO3S2/c17-13(12-8-10-9-20-7-4-11(10)21-12)16-15(14(18)19)5-2-1-3-6-15/h8H,1-7,9H2,(H,16,17)(H,18,19). The molecule has 1 amide bonds. The average Bonchev–Trinajstić information content (AvgIpc) is 2.92. The fourth-order valence-corrected chi connectivity index (χ4v) is 5.35. The molecule has 1 aromatic heterocycles. The summed E-state index contributed by atoms with van der Waals surface area (Å²) < 4.78 is 0. The van der Waals surface area contributed by atoms with Crippen LogP contribution in [0.25, 0.3) is 0 Å². The van der Waals surface area contributed by atoms with Crippen molar-refractivity contribution in [2.75, 3.05) is 5.75 Å². The van der Waals surface area contributed by atoms with E-state index in [1.807, 2.05) is 17.8 Å². The number of carboxylic acid groups (broad SMARTS) is 1. The summed E-state index contributed by atoms with van der Waals surface area (Å²) in [6, 6.07) is 1.94. The van der Waals surface area contributed by atoms with Crippen molar-refractivity contribution in [2.24, 2.45) is 0 Å². The molecule has 3 rings (SSSR count). The number of hydrogen-bond donors (Lipinski definition) is 2. The molecule has 4 nitrogen and oxygen atoms in total. The van der Waals surface area contributed by atoms with Gasteiger partial charge in [0.1, 0.15) is 5.54 Å². The number of rotatable bonds is 3. The van der Waals surface area contributed by atoms with E-state index in [0.717, 1.165) is 37.2 Å². The van der Waals surface area contributed by atoms with E-state index in [9.17, 15) is 14.7 Å². The number of aryl methyl sites for hydroxylation is 1. The van der Waals surface area contributed by atoms with E-state index in [1.54, 1.807) is 0 Å². The van der Waals surface area contributed by atoms with Gasteiger partial charge in [-0.2, -0.15) is 11.8 Å². The molecule has 1 aliphatic carbocycles. The van der Waals surface area contributed by atoms with Gasteiger partial charge in [0.05, 0.1) is 4.88 Å². The Labute approximate surface area is 132 Å². The first-order valence-corrected chi connectivity index (χ1v) is 9.33. The summed E-state index contributed by atoms with van der Waals surface area (Å²) in [6.07, 6.45) is 4.87. The smallest absolute Gasteiger partial charge is 0.329 e. The third-order valence-corrected chi connectivity index (χ3v) is 6.56. The van der Waals surface area contributed by atoms with E-state index in [4.69, 9.17) is 0 Å². The number of amides is 1. The summed E-state index contributed by atoms with van der Waals surface area (Å²) in [4.78, 5) is 26.0. The van der Waals surface area contributed by atoms with Crippen molar-refractivity contribution in [1.82, 2.24) is 5.32 Å². The van der Waals surface area contributed by atoms with Crippen LogP contribution in [-0.4, -0.2) is 28.3 Å². The molecule has 0 radical (unpaired) electrons. The topological polar surface area (TPSA) is 66.4 Å². The van der Waals surface area contributed by atoms with Gasteiger partial charge in [0.15, 0.2) is 0 Å². The fourth-order valence-electron chi connectivity index (χ4n) is 3.09. The van der Waals surface area contributed by atoms with Gasteiger partial charge >= 0.3 is 5.97 Å². The largest absolute Gasteiger partial charge is 0.480 e. The molecule has 0 atom stereocenters. The van der Waals surface area contributed by atoms with Crippen molar-refractivity contribution in [3.05, 3.63) is 21.4 Å². The lowest BCUT2D eigenvalue weighted by Gasteiger charge is -2.33. The van der Waals surface area contributed by atoms with Crippen molar-refractivity contribution < 1.29 is 14.7 Å². The number of fused-ring (bicyclic) bond motifs is 1. The number of thiophene rings is 1. The first-order chi connectivity index (χ1) is 10.1. The van der Waals surface area contributed by atoms with Crippen LogP contribution in [-0.2, 0) is 17.0 Å². The maximum absolute atomic E-state index is 12.5. The van der Waals surface area contributed by atoms with Crippen LogP contribution in [0.3, 0.4) is 0 Å². The zero-order valence-corrected chi connectivity index (χ0v) is 13.4. The molecule has 2 N–H and O–H groups in total. The lowest BCUT2D eigenvalue weighted by atomic mass is 9.81. The second kappa shape index (κ2) is 6.01. The van der Waals surface area contributed by atoms with Crippen LogP contribution in [0.4, 0.5) is 0 Å². The van der Waals surface area contributed by atoms with Crippen LogP contribution in [0.15, 0.2) is 6.07 Å². The van der Waals surface area contributed by atoms with Gasteiger partial charge in [-0.25, -0.2) is 4.79 Å². The highest BCUT2D eigenvalue weighted by atomic mass is 32.2. The Bertz CT molecular complexity index is 538. The molecule has 0 bridgehead atoms. The van der Waals surface area contributed by atoms with E-state index in [-0.39, 0.29) is 5.91 Å². The highest BCUT2D eigenvalue weighted by Gasteiger charge is 2.41. The SMILES string of the molecule is O=C(NC1(C(=O)O)CCCCC1)c1cc2c(s1)CCSC2. The third-order valence-electron chi connectivity index (χ3n) is 4.32. The summed E-state index contributed by atoms with van der Waals surface area (Å²) >= 11 is 3.41. The van der Waals surface area contributed by atoms with Crippen molar-refractivity contribution in [3.63, 3.8) is 0 Å². The summed E-state index contributed by atoms with van der Waals surface area (Å²) in [5.41, 5.74) is 0.184. The molecule has 0 spiro atoms. The van der Waals surface area contributed by atoms with E-state index in [2.05, 4.69) is 5.32 Å². The van der Waals surface area contributed by atoms with Crippen LogP contribution in [0.2, 0.25) is 0 Å². The van der Waals surface area contributed by atoms with Gasteiger partial charge in [0.2, 0.25) is 0 Å². The molecule has 21 heavy (non-hydrogen) atoms. The van der Waals surface area contributed by atoms with Crippen LogP contribution in [0.1, 0.15) is 52.2 Å². The molecule has 2 heterocycles. The van der Waals surface area contributed by atoms with Gasteiger partial charge in [-0.05, 0) is 36.6 Å². The van der Waals surface area contributed by atoms with Crippen molar-refractivity contribution in [1.29, 1.82) is 0 Å². The zero-order chi connectivity index (χ0) is 14.9. The van der Waals surface area contributed by atoms with Gasteiger partial charge in [-0.3, -0.25) is 4.79 Å². The molecule has 1 aliphatic heterocycles. The second-order valence-corrected chi connectivity index (χ2v) is 8.01. The number of hydrogen-bond acceptors (Lipinski definition) is 4. The summed E-state index contributed by atoms with van der Waals surface area (Å²) in [6.45, 7) is 0. The highest BCUT2D eigenvalue weighted by molar-refractivity contribution is 7.98. The quantitative estimate of drug-likeness (QED) is 0.896. The van der Waals surface area contributed by atoms with E-state index < -0.39 is 11.5 Å². The second-order valence-electron chi connectivity index (χ2n) is 5.76. The highest BCUT2D eigenvalue weighted by Crippen LogP contribution is 2.33. The summed E-state index contributed by atoms with van der Waals surface area (Å²) in [5, 5.41) is 12.4. The van der Waals surface area contributed by atoms with Crippen LogP contribution in [0, 0.1) is 0 Å². The molecular weight excluding hydrogens is 306 g/mol. The van der Waals surface area contributed by atoms with E-state index >= 15 is 0 Å². The number of thioether (sulfide) groups is 1. The van der Waals surface area contributed by atoms with Crippen LogP contribution in [0.5, 0.6) is 0 Å². The molecule has 0 unspecified atom stereocenters. The molecular formula is C15H19NO3S2. The summed E-state index contributed by atoms with van der Waals surface area (Å²) in [7, 11) is 0. The molecule has 1 aromatic rings. The van der Waals surface area contributed by atoms with Gasteiger partial charge in [0, 0.05) is 10.6 Å². The molecule has 6 heteroatoms. The molecule has 2 aliphatic rings. The van der Waals surface area contributed by atoms with E-state index in [0.29, 0.717) is 17.7 Å². The van der Waals surface area contributed by atoms with Crippen LogP contribution < -0.4 is 5.32 Å². The molecule has 0 aromatic carbocycles. The van der Waals surface area contributed by atoms with E-state index in [1.165, 1.54) is 21.8 Å². The van der Waals surface area contributed by atoms with Crippen LogP contribution >= 0.6 is 23.1 Å². The number of nitrogens with one attached hydrogen (secondary N) is 1. The lowest BCUT2D eigenvalue weighted by molar-refractivity contribution is -0.145. The number of carbonyl (C=O) groups is 2. The Morgan fingerprint density at radius 2 is 2.00 bits per heavy atom. The van der Waals surface area contributed by atoms with Crippen molar-refractivity contribution >= 4 is 35.0 Å². The first kappa shape index (κ1) is 14.9. The minimum atomic E-state index is -1.06. The van der Waals surface area contributed by atoms with Crippen molar-refractivity contribution in [2.45, 2.75) is 49.8 Å². The first-order valence-electron chi connectivity index (χ1n) is 7.36. The van der Waals surface area contributed by atoms with Gasteiger partial charge in [-0.1, -0.05) is 19.3 Å². The fraction of sp³-hybridized carbons (Fsp3) is 0.600. The molecule has 1 fully saturated rings. The molecule has 0 saturated heterocycles. The maximum Gasteiger partial charge on any atom is 0.329 e.